The second-order valence-electron chi connectivity index (χ2n) is 8.91. The van der Waals surface area contributed by atoms with Gasteiger partial charge >= 0.3 is 18.4 Å². The molecule has 35 heavy (non-hydrogen) atoms. The Bertz CT molecular complexity index is 1180. The van der Waals surface area contributed by atoms with Gasteiger partial charge in [-0.1, -0.05) is 12.6 Å². The van der Waals surface area contributed by atoms with Crippen LogP contribution in [-0.4, -0.2) is 29.3 Å². The van der Waals surface area contributed by atoms with E-state index in [0.29, 0.717) is 36.0 Å². The number of nitrogens with zero attached hydrogens (tertiary/aromatic N) is 1. The van der Waals surface area contributed by atoms with Gasteiger partial charge in [-0.25, -0.2) is 4.79 Å². The maximum atomic E-state index is 13.6. The van der Waals surface area contributed by atoms with Gasteiger partial charge in [-0.3, -0.25) is 4.90 Å². The van der Waals surface area contributed by atoms with Gasteiger partial charge in [0.15, 0.2) is 0 Å². The third-order valence-electron chi connectivity index (χ3n) is 6.56. The summed E-state index contributed by atoms with van der Waals surface area (Å²) in [6.45, 7) is 6.21. The number of piperidine rings is 1. The molecule has 1 amide bonds. The van der Waals surface area contributed by atoms with Gasteiger partial charge in [0.05, 0.1) is 30.2 Å². The summed E-state index contributed by atoms with van der Waals surface area (Å²) < 4.78 is 90.4. The summed E-state index contributed by atoms with van der Waals surface area (Å²) in [5, 5.41) is 0. The predicted molar refractivity (Wildman–Crippen MR) is 115 cm³/mol. The lowest BCUT2D eigenvalue weighted by Crippen LogP contribution is -2.43. The van der Waals surface area contributed by atoms with Gasteiger partial charge < -0.3 is 9.15 Å². The smallest absolute Gasteiger partial charge is 0.416 e. The lowest BCUT2D eigenvalue weighted by molar-refractivity contribution is -0.137. The van der Waals surface area contributed by atoms with Crippen molar-refractivity contribution < 1.29 is 40.3 Å². The number of halogens is 6. The van der Waals surface area contributed by atoms with Gasteiger partial charge in [0.25, 0.3) is 0 Å². The zero-order valence-electron chi connectivity index (χ0n) is 19.0. The largest absolute Gasteiger partial charge is 0.472 e. The summed E-state index contributed by atoms with van der Waals surface area (Å²) in [7, 11) is 0. The number of allylic oxidation sites excluding steroid dienone is 2. The van der Waals surface area contributed by atoms with E-state index in [2.05, 4.69) is 6.58 Å². The molecule has 0 spiro atoms. The Morgan fingerprint density at radius 3 is 2.43 bits per heavy atom. The third kappa shape index (κ3) is 4.70. The van der Waals surface area contributed by atoms with Crippen LogP contribution in [0, 0.1) is 6.92 Å². The average Bonchev–Trinajstić information content (AvgIpc) is 3.35. The number of hydrogen-bond acceptors (Lipinski definition) is 3. The van der Waals surface area contributed by atoms with Crippen molar-refractivity contribution in [2.24, 2.45) is 0 Å². The Morgan fingerprint density at radius 2 is 1.83 bits per heavy atom. The van der Waals surface area contributed by atoms with E-state index in [4.69, 9.17) is 9.15 Å². The molecule has 10 heteroatoms. The number of rotatable bonds is 4. The Morgan fingerprint density at radius 1 is 1.11 bits per heavy atom. The molecule has 0 aliphatic carbocycles. The third-order valence-corrected chi connectivity index (χ3v) is 6.56. The van der Waals surface area contributed by atoms with Crippen molar-refractivity contribution in [3.63, 3.8) is 0 Å². The zero-order valence-corrected chi connectivity index (χ0v) is 19.0. The fourth-order valence-electron chi connectivity index (χ4n) is 4.87. The summed E-state index contributed by atoms with van der Waals surface area (Å²) >= 11 is 0. The van der Waals surface area contributed by atoms with E-state index in [9.17, 15) is 31.1 Å². The first-order valence-corrected chi connectivity index (χ1v) is 11.0. The summed E-state index contributed by atoms with van der Waals surface area (Å²) in [5.74, 6) is 0. The summed E-state index contributed by atoms with van der Waals surface area (Å²) in [4.78, 5) is 14.3. The summed E-state index contributed by atoms with van der Waals surface area (Å²) in [5.41, 5.74) is 0.316. The van der Waals surface area contributed by atoms with Crippen molar-refractivity contribution in [1.29, 1.82) is 0 Å². The van der Waals surface area contributed by atoms with Crippen molar-refractivity contribution in [3.8, 4) is 11.1 Å². The van der Waals surface area contributed by atoms with Gasteiger partial charge in [0.2, 0.25) is 0 Å². The lowest BCUT2D eigenvalue weighted by atomic mass is 9.84. The molecule has 2 aromatic rings. The highest BCUT2D eigenvalue weighted by atomic mass is 19.4. The Balaban J connectivity index is 1.76. The number of cyclic esters (lactones) is 1. The number of fused-ring (bicyclic) bond motifs is 1. The van der Waals surface area contributed by atoms with Crippen LogP contribution in [0.1, 0.15) is 48.9 Å². The van der Waals surface area contributed by atoms with Gasteiger partial charge in [0.1, 0.15) is 6.10 Å². The second kappa shape index (κ2) is 8.80. The first-order valence-electron chi connectivity index (χ1n) is 11.0. The van der Waals surface area contributed by atoms with Crippen LogP contribution in [-0.2, 0) is 10.9 Å². The molecule has 1 aromatic heterocycles. The molecule has 2 fully saturated rings. The fraction of sp³-hybridized carbons (Fsp3) is 0.400. The van der Waals surface area contributed by atoms with Crippen LogP contribution >= 0.6 is 0 Å². The number of ether oxygens (including phenoxy) is 1. The molecule has 1 aromatic carbocycles. The molecule has 2 saturated heterocycles. The number of aryl methyl sites for hydroxylation is 1. The minimum absolute atomic E-state index is 0.170. The molecule has 0 bridgehead atoms. The second-order valence-corrected chi connectivity index (χ2v) is 8.91. The van der Waals surface area contributed by atoms with E-state index < -0.39 is 47.8 Å². The van der Waals surface area contributed by atoms with Crippen LogP contribution in [0.3, 0.4) is 0 Å². The van der Waals surface area contributed by atoms with Crippen LogP contribution in [0.25, 0.3) is 11.1 Å². The number of hydrogen-bond donors (Lipinski definition) is 0. The molecular weight excluding hydrogens is 476 g/mol. The van der Waals surface area contributed by atoms with E-state index in [1.165, 1.54) is 30.4 Å². The molecule has 3 atom stereocenters. The Hall–Kier alpha value is -3.17. The minimum Gasteiger partial charge on any atom is -0.472 e. The molecule has 0 saturated carbocycles. The van der Waals surface area contributed by atoms with Crippen molar-refractivity contribution in [3.05, 3.63) is 71.2 Å². The first-order chi connectivity index (χ1) is 16.3. The van der Waals surface area contributed by atoms with E-state index in [0.717, 1.165) is 18.2 Å². The van der Waals surface area contributed by atoms with Crippen LogP contribution in [0.5, 0.6) is 0 Å². The summed E-state index contributed by atoms with van der Waals surface area (Å²) in [6, 6.07) is 2.00. The summed E-state index contributed by atoms with van der Waals surface area (Å²) in [6.07, 6.45) is -5.85. The molecule has 2 aliphatic rings. The number of furan rings is 1. The van der Waals surface area contributed by atoms with Crippen molar-refractivity contribution in [1.82, 2.24) is 4.90 Å². The number of carbonyl (C=O) groups is 1. The zero-order chi connectivity index (χ0) is 25.7. The van der Waals surface area contributed by atoms with Crippen molar-refractivity contribution in [2.75, 3.05) is 0 Å². The lowest BCUT2D eigenvalue weighted by Gasteiger charge is -2.38. The quantitative estimate of drug-likeness (QED) is 0.319. The highest BCUT2D eigenvalue weighted by molar-refractivity contribution is 5.75. The Kier molecular flexibility index (Phi) is 6.27. The van der Waals surface area contributed by atoms with E-state index in [1.54, 1.807) is 6.92 Å². The number of benzene rings is 1. The first kappa shape index (κ1) is 24.9. The molecular formula is C25H23F6NO3. The predicted octanol–water partition coefficient (Wildman–Crippen LogP) is 7.75. The normalized spacial score (nSPS) is 23.3. The number of alkyl halides is 6. The molecule has 4 rings (SSSR count). The van der Waals surface area contributed by atoms with E-state index in [-0.39, 0.29) is 11.1 Å². The highest BCUT2D eigenvalue weighted by Gasteiger charge is 2.49. The van der Waals surface area contributed by atoms with Crippen LogP contribution < -0.4 is 0 Å². The van der Waals surface area contributed by atoms with Gasteiger partial charge in [-0.15, -0.1) is 0 Å². The maximum absolute atomic E-state index is 13.6. The molecule has 3 unspecified atom stereocenters. The van der Waals surface area contributed by atoms with Crippen molar-refractivity contribution in [2.45, 2.75) is 63.7 Å². The monoisotopic (exact) mass is 499 g/mol. The maximum Gasteiger partial charge on any atom is 0.416 e. The van der Waals surface area contributed by atoms with Gasteiger partial charge in [-0.05, 0) is 73.6 Å². The highest BCUT2D eigenvalue weighted by Crippen LogP contribution is 2.46. The molecule has 0 N–H and O–H groups in total. The Labute approximate surface area is 197 Å². The molecule has 2 aliphatic heterocycles. The number of carbonyl (C=O) groups excluding carboxylic acids is 1. The van der Waals surface area contributed by atoms with E-state index >= 15 is 0 Å². The topological polar surface area (TPSA) is 42.7 Å². The van der Waals surface area contributed by atoms with Crippen LogP contribution in [0.2, 0.25) is 0 Å². The SMILES string of the molecule is C=C(C=C(C)C1OC(=O)N2C(c3cc(C(F)(F)F)ccc3-c3cocc3C)CCCC12)C(F)(F)F. The van der Waals surface area contributed by atoms with Crippen LogP contribution in [0.15, 0.2) is 58.9 Å². The minimum atomic E-state index is -4.63. The van der Waals surface area contributed by atoms with E-state index in [1.807, 2.05) is 0 Å². The number of amides is 1. The average molecular weight is 499 g/mol. The molecule has 188 valence electrons. The van der Waals surface area contributed by atoms with Gasteiger partial charge in [0, 0.05) is 11.1 Å². The van der Waals surface area contributed by atoms with Gasteiger partial charge in [-0.2, -0.15) is 26.3 Å². The van der Waals surface area contributed by atoms with Crippen LogP contribution in [0.4, 0.5) is 31.1 Å². The fourth-order valence-corrected chi connectivity index (χ4v) is 4.87. The molecule has 3 heterocycles. The standard InChI is InChI=1S/C25H23F6NO3/c1-13(9-15(3)24(26,27)28)22-21-6-4-5-20(32(21)23(33)35-22)18-10-16(25(29,30)31)7-8-17(18)19-12-34-11-14(19)2/h7-12,20-22H,3-6H2,1-2H3. The molecule has 0 radical (unpaired) electrons. The molecule has 4 nitrogen and oxygen atoms in total. The van der Waals surface area contributed by atoms with Crippen molar-refractivity contribution >= 4 is 6.09 Å².